The van der Waals surface area contributed by atoms with E-state index >= 15 is 0 Å². The lowest BCUT2D eigenvalue weighted by atomic mass is 10.2. The Kier molecular flexibility index (Phi) is 5.38. The predicted molar refractivity (Wildman–Crippen MR) is 91.8 cm³/mol. The Labute approximate surface area is 147 Å². The van der Waals surface area contributed by atoms with Gasteiger partial charge in [0.15, 0.2) is 5.03 Å². The number of rotatable bonds is 6. The minimum absolute atomic E-state index is 0.107. The maximum absolute atomic E-state index is 11.7. The maximum Gasteiger partial charge on any atom is 0.257 e. The van der Waals surface area contributed by atoms with Crippen LogP contribution in [0.25, 0.3) is 0 Å². The van der Waals surface area contributed by atoms with Gasteiger partial charge in [-0.15, -0.1) is 0 Å². The van der Waals surface area contributed by atoms with E-state index in [1.165, 1.54) is 0 Å². The van der Waals surface area contributed by atoms with Crippen molar-refractivity contribution in [3.05, 3.63) is 41.6 Å². The molecular weight excluding hydrogens is 344 g/mol. The van der Waals surface area contributed by atoms with Crippen LogP contribution in [-0.2, 0) is 27.8 Å². The number of sulfonamides is 1. The van der Waals surface area contributed by atoms with Crippen LogP contribution in [0.1, 0.15) is 11.3 Å². The minimum atomic E-state index is -3.84. The van der Waals surface area contributed by atoms with Crippen molar-refractivity contribution in [3.63, 3.8) is 0 Å². The number of morpholine rings is 1. The summed E-state index contributed by atoms with van der Waals surface area (Å²) in [6.45, 7) is 4.02. The molecule has 0 amide bonds. The molecule has 1 saturated heterocycles. The van der Waals surface area contributed by atoms with Crippen molar-refractivity contribution in [2.24, 2.45) is 5.14 Å². The molecule has 0 saturated carbocycles. The summed E-state index contributed by atoms with van der Waals surface area (Å²) in [5, 5.41) is 9.34. The van der Waals surface area contributed by atoms with Gasteiger partial charge in [-0.3, -0.25) is 9.58 Å². The Morgan fingerprint density at radius 3 is 2.48 bits per heavy atom. The van der Waals surface area contributed by atoms with Gasteiger partial charge in [0, 0.05) is 25.7 Å². The summed E-state index contributed by atoms with van der Waals surface area (Å²) in [6, 6.07) is 9.13. The number of hydrogen-bond acceptors (Lipinski definition) is 6. The van der Waals surface area contributed by atoms with E-state index in [-0.39, 0.29) is 5.03 Å². The van der Waals surface area contributed by atoms with Crippen molar-refractivity contribution < 1.29 is 17.9 Å². The molecule has 1 aliphatic heterocycles. The van der Waals surface area contributed by atoms with Crippen LogP contribution < -0.4 is 9.88 Å². The highest BCUT2D eigenvalue weighted by Gasteiger charge is 2.19. The molecule has 9 heteroatoms. The smallest absolute Gasteiger partial charge is 0.257 e. The van der Waals surface area contributed by atoms with E-state index in [0.717, 1.165) is 30.1 Å². The Hall–Kier alpha value is -1.94. The van der Waals surface area contributed by atoms with Gasteiger partial charge >= 0.3 is 0 Å². The first kappa shape index (κ1) is 17.9. The molecular formula is C16H22N4O4S. The molecule has 1 aromatic heterocycles. The highest BCUT2D eigenvalue weighted by Crippen LogP contribution is 2.16. The first-order valence-corrected chi connectivity index (χ1v) is 9.53. The van der Waals surface area contributed by atoms with Crippen LogP contribution in [0.4, 0.5) is 0 Å². The summed E-state index contributed by atoms with van der Waals surface area (Å²) in [6.07, 6.45) is 0. The lowest BCUT2D eigenvalue weighted by molar-refractivity contribution is 0.0331. The quantitative estimate of drug-likeness (QED) is 0.795. The average Bonchev–Trinajstić information content (AvgIpc) is 2.99. The number of benzene rings is 1. The number of nitrogens with zero attached hydrogens (tertiary/aromatic N) is 3. The molecule has 1 aliphatic rings. The molecule has 8 nitrogen and oxygen atoms in total. The van der Waals surface area contributed by atoms with E-state index in [9.17, 15) is 8.42 Å². The lowest BCUT2D eigenvalue weighted by Gasteiger charge is -2.26. The Balaban J connectivity index is 1.85. The molecule has 1 fully saturated rings. The molecule has 0 radical (unpaired) electrons. The second-order valence-electron chi connectivity index (χ2n) is 5.91. The fourth-order valence-corrected chi connectivity index (χ4v) is 3.24. The first-order valence-electron chi connectivity index (χ1n) is 7.98. The summed E-state index contributed by atoms with van der Waals surface area (Å²) in [7, 11) is -2.23. The van der Waals surface area contributed by atoms with Crippen LogP contribution in [0.5, 0.6) is 5.75 Å². The topological polar surface area (TPSA) is 99.7 Å². The lowest BCUT2D eigenvalue weighted by Crippen LogP contribution is -2.36. The second kappa shape index (κ2) is 7.52. The molecule has 25 heavy (non-hydrogen) atoms. The third-order valence-corrected chi connectivity index (χ3v) is 4.90. The number of hydrogen-bond donors (Lipinski definition) is 1. The van der Waals surface area contributed by atoms with E-state index in [1.807, 2.05) is 24.3 Å². The van der Waals surface area contributed by atoms with E-state index in [2.05, 4.69) is 10.00 Å². The van der Waals surface area contributed by atoms with Gasteiger partial charge in [0.1, 0.15) is 5.75 Å². The SMILES string of the molecule is COc1ccc(Cn2nc(S(N)(=O)=O)cc2CN2CCOCC2)cc1. The molecule has 0 unspecified atom stereocenters. The van der Waals surface area contributed by atoms with Gasteiger partial charge < -0.3 is 9.47 Å². The number of methoxy groups -OCH3 is 1. The predicted octanol–water partition coefficient (Wildman–Crippen LogP) is 0.420. The van der Waals surface area contributed by atoms with Gasteiger partial charge in [-0.05, 0) is 17.7 Å². The normalized spacial score (nSPS) is 16.1. The van der Waals surface area contributed by atoms with E-state index in [0.29, 0.717) is 26.3 Å². The van der Waals surface area contributed by atoms with Gasteiger partial charge in [-0.2, -0.15) is 5.10 Å². The van der Waals surface area contributed by atoms with Crippen LogP contribution in [0.2, 0.25) is 0 Å². The molecule has 0 spiro atoms. The highest BCUT2D eigenvalue weighted by atomic mass is 32.2. The van der Waals surface area contributed by atoms with Crippen molar-refractivity contribution in [3.8, 4) is 5.75 Å². The van der Waals surface area contributed by atoms with Crippen LogP contribution in [0.3, 0.4) is 0 Å². The summed E-state index contributed by atoms with van der Waals surface area (Å²) in [4.78, 5) is 2.21. The van der Waals surface area contributed by atoms with Crippen molar-refractivity contribution >= 4 is 10.0 Å². The Bertz CT molecular complexity index is 811. The van der Waals surface area contributed by atoms with Crippen molar-refractivity contribution in [2.45, 2.75) is 18.1 Å². The number of aromatic nitrogens is 2. The zero-order chi connectivity index (χ0) is 17.9. The monoisotopic (exact) mass is 366 g/mol. The molecule has 0 bridgehead atoms. The molecule has 136 valence electrons. The summed E-state index contributed by atoms with van der Waals surface area (Å²) in [5.74, 6) is 0.767. The summed E-state index contributed by atoms with van der Waals surface area (Å²) < 4.78 is 35.6. The van der Waals surface area contributed by atoms with E-state index in [4.69, 9.17) is 14.6 Å². The summed E-state index contributed by atoms with van der Waals surface area (Å²) >= 11 is 0. The molecule has 0 aliphatic carbocycles. The van der Waals surface area contributed by atoms with Gasteiger partial charge in [0.25, 0.3) is 10.0 Å². The molecule has 1 aromatic carbocycles. The Morgan fingerprint density at radius 2 is 1.88 bits per heavy atom. The van der Waals surface area contributed by atoms with Crippen LogP contribution >= 0.6 is 0 Å². The molecule has 2 heterocycles. The van der Waals surface area contributed by atoms with E-state index < -0.39 is 10.0 Å². The molecule has 2 aromatic rings. The van der Waals surface area contributed by atoms with Crippen molar-refractivity contribution in [1.82, 2.24) is 14.7 Å². The summed E-state index contributed by atoms with van der Waals surface area (Å²) in [5.41, 5.74) is 1.80. The standard InChI is InChI=1S/C16H22N4O4S/c1-23-15-4-2-13(3-5-15)11-20-14(10-16(18-20)25(17,21)22)12-19-6-8-24-9-7-19/h2-5,10H,6-9,11-12H2,1H3,(H2,17,21,22). The second-order valence-corrected chi connectivity index (χ2v) is 7.42. The van der Waals surface area contributed by atoms with Gasteiger partial charge in [-0.1, -0.05) is 12.1 Å². The first-order chi connectivity index (χ1) is 12.0. The van der Waals surface area contributed by atoms with Gasteiger partial charge in [0.05, 0.1) is 32.6 Å². The number of nitrogens with two attached hydrogens (primary N) is 1. The zero-order valence-corrected chi connectivity index (χ0v) is 14.9. The van der Waals surface area contributed by atoms with E-state index in [1.54, 1.807) is 17.9 Å². The molecule has 3 rings (SSSR count). The molecule has 0 atom stereocenters. The van der Waals surface area contributed by atoms with Gasteiger partial charge in [-0.25, -0.2) is 13.6 Å². The third kappa shape index (κ3) is 4.57. The third-order valence-electron chi connectivity index (χ3n) is 4.11. The largest absolute Gasteiger partial charge is 0.497 e. The zero-order valence-electron chi connectivity index (χ0n) is 14.1. The van der Waals surface area contributed by atoms with Crippen LogP contribution in [-0.4, -0.2) is 56.5 Å². The number of primary sulfonamides is 1. The molecule has 2 N–H and O–H groups in total. The van der Waals surface area contributed by atoms with Crippen LogP contribution in [0.15, 0.2) is 35.4 Å². The number of ether oxygens (including phenoxy) is 2. The van der Waals surface area contributed by atoms with Gasteiger partial charge in [0.2, 0.25) is 0 Å². The fourth-order valence-electron chi connectivity index (χ4n) is 2.72. The Morgan fingerprint density at radius 1 is 1.20 bits per heavy atom. The van der Waals surface area contributed by atoms with Crippen LogP contribution in [0, 0.1) is 0 Å². The average molecular weight is 366 g/mol. The van der Waals surface area contributed by atoms with Crippen molar-refractivity contribution in [1.29, 1.82) is 0 Å². The minimum Gasteiger partial charge on any atom is -0.497 e. The fraction of sp³-hybridized carbons (Fsp3) is 0.438. The highest BCUT2D eigenvalue weighted by molar-refractivity contribution is 7.89. The maximum atomic E-state index is 11.7. The van der Waals surface area contributed by atoms with Crippen molar-refractivity contribution in [2.75, 3.05) is 33.4 Å².